The molecular weight excluding hydrogens is 385 g/mol. The van der Waals surface area contributed by atoms with Crippen LogP contribution in [0.4, 0.5) is 0 Å². The third kappa shape index (κ3) is 32.5. The molecule has 0 amide bonds. The molecule has 0 unspecified atom stereocenters. The molecule has 0 aromatic carbocycles. The van der Waals surface area contributed by atoms with Gasteiger partial charge in [-0.05, 0) is 0 Å². The van der Waals surface area contributed by atoms with Crippen molar-refractivity contribution in [1.82, 2.24) is 0 Å². The summed E-state index contributed by atoms with van der Waals surface area (Å²) in [6.45, 7) is 5.21. The number of rotatable bonds is 3. The molecule has 6 heteroatoms. The van der Waals surface area contributed by atoms with Crippen molar-refractivity contribution in [3.63, 3.8) is 0 Å². The fraction of sp³-hybridized carbons (Fsp3) is 0.400. The molecule has 0 fully saturated rings. The molecule has 3 N–H and O–H groups in total. The van der Waals surface area contributed by atoms with Crippen LogP contribution < -0.4 is 6.15 Å². The van der Waals surface area contributed by atoms with Crippen LogP contribution in [-0.2, 0) is 15.4 Å². The van der Waals surface area contributed by atoms with E-state index in [1.165, 1.54) is 0 Å². The Labute approximate surface area is 59.9 Å². The molecule has 0 aliphatic carbocycles. The minimum atomic E-state index is -2.86. The van der Waals surface area contributed by atoms with Gasteiger partial charge in [0, 0.05) is 6.08 Å². The zero-order valence-electron chi connectivity index (χ0n) is 6.09. The van der Waals surface area contributed by atoms with E-state index in [2.05, 4.69) is 11.7 Å². The number of hydrogen-bond acceptors (Lipinski definition) is 3. The Bertz CT molecular complexity index is 147. The van der Waals surface area contributed by atoms with Gasteiger partial charge in [0.15, 0.2) is 0 Å². The van der Waals surface area contributed by atoms with E-state index < -0.39 is 5.97 Å². The van der Waals surface area contributed by atoms with E-state index in [1.807, 2.05) is 0 Å². The van der Waals surface area contributed by atoms with Gasteiger partial charge in [-0.25, -0.2) is 4.79 Å². The summed E-state index contributed by atoms with van der Waals surface area (Å²) < 4.78 is -2.86. The van der Waals surface area contributed by atoms with Gasteiger partial charge in [0.25, 0.3) is 0 Å². The van der Waals surface area contributed by atoms with Crippen molar-refractivity contribution in [3.05, 3.63) is 12.7 Å². The van der Waals surface area contributed by atoms with Crippen LogP contribution in [0.2, 0.25) is 0 Å². The van der Waals surface area contributed by atoms with Gasteiger partial charge in [0.05, 0.1) is 0 Å². The summed E-state index contributed by atoms with van der Waals surface area (Å²) >= 11 is 0. The molecule has 0 aliphatic heterocycles. The van der Waals surface area contributed by atoms with Crippen molar-refractivity contribution < 1.29 is 20.5 Å². The van der Waals surface area contributed by atoms with Crippen LogP contribution in [0.1, 0.15) is 6.92 Å². The van der Waals surface area contributed by atoms with E-state index >= 15 is 0 Å². The van der Waals surface area contributed by atoms with Crippen LogP contribution in [0, 0.1) is 0 Å². The number of aliphatic carboxylic acids is 1. The van der Waals surface area contributed by atoms with E-state index in [1.54, 1.807) is 6.92 Å². The Hall–Kier alpha value is -2.07. The van der Waals surface area contributed by atoms with Crippen LogP contribution in [0.25, 0.3) is 0 Å². The van der Waals surface area contributed by atoms with Crippen LogP contribution in [-0.4, -0.2) is 17.7 Å². The maximum atomic E-state index is 9.88. The summed E-state index contributed by atoms with van der Waals surface area (Å²) in [6, 6.07) is 0. The second-order valence-electron chi connectivity index (χ2n) is 1.16. The standard InChI is InChI=1S/C3H4O2.C2H5O.Cm.H2N.O/c1-2-3(4)5;1-2-3;;;/h2H,1H2,(H,4,5);2H2,1H3;;1H2;/q;-1;+2;-1;. The Morgan fingerprint density at radius 2 is 2.27 bits per heavy atom. The third-order valence-corrected chi connectivity index (χ3v) is 2.06. The van der Waals surface area contributed by atoms with Crippen molar-refractivity contribution in [2.75, 3.05) is 6.61 Å². The molecule has 0 radical (unpaired) electrons. The van der Waals surface area contributed by atoms with E-state index in [4.69, 9.17) is 11.3 Å². The zero-order chi connectivity index (χ0) is 9.28. The molecule has 0 bridgehead atoms. The first-order valence-electron chi connectivity index (χ1n) is 2.61. The van der Waals surface area contributed by atoms with Crippen LogP contribution in [0.3, 0.4) is 0 Å². The Morgan fingerprint density at radius 1 is 1.91 bits per heavy atom. The number of hydrogen-bond donors (Lipinski definition) is 2. The second-order valence-corrected chi connectivity index (χ2v) is 3.89. The Kier molecular flexibility index (Phi) is 8.43. The average Bonchev–Trinajstić information content (AvgIpc) is 1.89. The molecule has 0 aromatic heterocycles. The van der Waals surface area contributed by atoms with Gasteiger partial charge in [-0.2, -0.15) is 0 Å². The fourth-order valence-electron chi connectivity index (χ4n) is 0.101. The SMILES string of the molecule is C=CC(=O)O.CC[O][Cm]([NH2])=[O]. The van der Waals surface area contributed by atoms with Crippen molar-refractivity contribution in [2.45, 2.75) is 6.92 Å². The average molecular weight is 396 g/mol. The molecule has 0 saturated carbocycles. The monoisotopic (exact) mass is 392 g/mol. The number of nitrogens with two attached hydrogens (primary N) is 1. The summed E-state index contributed by atoms with van der Waals surface area (Å²) in [5, 5.41) is 12.1. The predicted octanol–water partition coefficient (Wildman–Crippen LogP) is 0.0348. The maximum absolute atomic E-state index is 9.88. The predicted molar refractivity (Wildman–Crippen MR) is 34.3 cm³/mol. The number of carbonyl (C=O) groups is 1. The van der Waals surface area contributed by atoms with Crippen molar-refractivity contribution in [2.24, 2.45) is 6.15 Å². The van der Waals surface area contributed by atoms with Gasteiger partial charge in [0.1, 0.15) is 0 Å². The third-order valence-electron chi connectivity index (χ3n) is 0.377. The molecule has 0 heterocycles. The molecule has 0 saturated heterocycles. The Balaban J connectivity index is 0. The molecule has 68 valence electrons. The first kappa shape index (κ1) is 11.7. The Morgan fingerprint density at radius 3 is 2.27 bits per heavy atom. The van der Waals surface area contributed by atoms with Gasteiger partial charge in [-0.3, -0.25) is 0 Å². The molecule has 0 aromatic rings. The fourth-order valence-corrected chi connectivity index (χ4v) is 0.938. The van der Waals surface area contributed by atoms with Gasteiger partial charge in [-0.15, -0.1) is 0 Å². The first-order valence-corrected chi connectivity index (χ1v) is 6.72. The van der Waals surface area contributed by atoms with Gasteiger partial charge in [-0.1, -0.05) is 6.58 Å². The normalized spacial score (nSPS) is 7.45. The van der Waals surface area contributed by atoms with Crippen molar-refractivity contribution in [1.29, 1.82) is 0 Å². The first-order chi connectivity index (χ1) is 5.04. The second kappa shape index (κ2) is 7.93. The topological polar surface area (TPSA) is 89.6 Å². The van der Waals surface area contributed by atoms with E-state index in [0.29, 0.717) is 6.61 Å². The molecule has 11 heavy (non-hydrogen) atoms. The number of carboxylic acid groups (broad SMARTS) is 1. The molecule has 0 spiro atoms. The summed E-state index contributed by atoms with van der Waals surface area (Å²) in [7, 11) is 0. The zero-order valence-corrected chi connectivity index (χ0v) is 9.04. The summed E-state index contributed by atoms with van der Waals surface area (Å²) in [4.78, 5) is 9.25. The van der Waals surface area contributed by atoms with Crippen molar-refractivity contribution in [3.8, 4) is 0 Å². The summed E-state index contributed by atoms with van der Waals surface area (Å²) in [5.41, 5.74) is 9.88. The molecular formula is C5H11CmNO4. The van der Waals surface area contributed by atoms with Crippen LogP contribution in [0.15, 0.2) is 12.7 Å². The van der Waals surface area contributed by atoms with Crippen LogP contribution >= 0.6 is 0 Å². The molecule has 0 aliphatic rings. The van der Waals surface area contributed by atoms with Gasteiger partial charge >= 0.3 is 36.2 Å². The van der Waals surface area contributed by atoms with Gasteiger partial charge < -0.3 is 5.11 Å². The number of carboxylic acids is 1. The molecule has 0 rings (SSSR count). The summed E-state index contributed by atoms with van der Waals surface area (Å²) in [5.74, 6) is -0.981. The van der Waals surface area contributed by atoms with Gasteiger partial charge in [0.2, 0.25) is 0 Å². The summed E-state index contributed by atoms with van der Waals surface area (Å²) in [6.07, 6.45) is 5.65. The van der Waals surface area contributed by atoms with Crippen molar-refractivity contribution >= 4 is 5.97 Å². The van der Waals surface area contributed by atoms with E-state index in [0.717, 1.165) is 6.08 Å². The molecule has 0 atom stereocenters. The van der Waals surface area contributed by atoms with Crippen LogP contribution in [0.5, 0.6) is 0 Å². The minimum absolute atomic E-state index is 0.480. The van der Waals surface area contributed by atoms with E-state index in [-0.39, 0.29) is 0 Å². The quantitative estimate of drug-likeness (QED) is 0.658. The molecule has 5 nitrogen and oxygen atoms in total. The van der Waals surface area contributed by atoms with E-state index in [9.17, 15) is 10.3 Å².